The number of aliphatic hydroxyl groups excluding tert-OH is 1. The molecule has 5 heteroatoms. The first-order valence-corrected chi connectivity index (χ1v) is 5.18. The van der Waals surface area contributed by atoms with E-state index in [1.807, 2.05) is 13.0 Å². The maximum Gasteiger partial charge on any atom is 0.150 e. The monoisotopic (exact) mass is 220 g/mol. The fraction of sp³-hybridized carbons (Fsp3) is 0.455. The number of nitriles is 1. The van der Waals surface area contributed by atoms with Gasteiger partial charge in [0.25, 0.3) is 0 Å². The Morgan fingerprint density at radius 2 is 2.44 bits per heavy atom. The van der Waals surface area contributed by atoms with Crippen molar-refractivity contribution >= 4 is 11.5 Å². The summed E-state index contributed by atoms with van der Waals surface area (Å²) < 4.78 is 0. The van der Waals surface area contributed by atoms with Crippen molar-refractivity contribution in [1.82, 2.24) is 4.98 Å². The molecule has 0 saturated carbocycles. The van der Waals surface area contributed by atoms with Crippen LogP contribution in [0.1, 0.15) is 18.9 Å². The highest BCUT2D eigenvalue weighted by molar-refractivity contribution is 5.68. The number of aromatic nitrogens is 1. The van der Waals surface area contributed by atoms with Crippen molar-refractivity contribution in [2.75, 3.05) is 24.2 Å². The fourth-order valence-corrected chi connectivity index (χ4v) is 1.30. The molecular weight excluding hydrogens is 204 g/mol. The van der Waals surface area contributed by atoms with Gasteiger partial charge in [0.2, 0.25) is 0 Å². The van der Waals surface area contributed by atoms with Crippen molar-refractivity contribution in [2.24, 2.45) is 5.92 Å². The highest BCUT2D eigenvalue weighted by Crippen LogP contribution is 2.19. The summed E-state index contributed by atoms with van der Waals surface area (Å²) in [6, 6.07) is 3.58. The molecule has 0 amide bonds. The van der Waals surface area contributed by atoms with E-state index in [0.717, 1.165) is 6.42 Å². The number of pyridine rings is 1. The quantitative estimate of drug-likeness (QED) is 0.687. The average molecular weight is 220 g/mol. The SMILES string of the molecule is CC(CCO)CNc1nccc(C#N)c1N. The predicted molar refractivity (Wildman–Crippen MR) is 62.7 cm³/mol. The molecule has 0 fully saturated rings. The fourth-order valence-electron chi connectivity index (χ4n) is 1.30. The Labute approximate surface area is 94.9 Å². The molecule has 0 spiro atoms. The van der Waals surface area contributed by atoms with Crippen molar-refractivity contribution in [2.45, 2.75) is 13.3 Å². The maximum absolute atomic E-state index is 8.79. The van der Waals surface area contributed by atoms with Crippen LogP contribution in [0.15, 0.2) is 12.3 Å². The molecule has 1 aromatic heterocycles. The maximum atomic E-state index is 8.79. The summed E-state index contributed by atoms with van der Waals surface area (Å²) in [6.07, 6.45) is 2.28. The smallest absolute Gasteiger partial charge is 0.150 e. The van der Waals surface area contributed by atoms with Crippen LogP contribution in [0.25, 0.3) is 0 Å². The molecule has 0 aliphatic carbocycles. The third-order valence-corrected chi connectivity index (χ3v) is 2.35. The van der Waals surface area contributed by atoms with Crippen molar-refractivity contribution in [3.05, 3.63) is 17.8 Å². The summed E-state index contributed by atoms with van der Waals surface area (Å²) in [7, 11) is 0. The molecule has 0 aliphatic heterocycles. The Morgan fingerprint density at radius 1 is 1.69 bits per heavy atom. The lowest BCUT2D eigenvalue weighted by Gasteiger charge is -2.13. The van der Waals surface area contributed by atoms with Crippen LogP contribution >= 0.6 is 0 Å². The van der Waals surface area contributed by atoms with Crippen LogP contribution < -0.4 is 11.1 Å². The molecule has 0 radical (unpaired) electrons. The Balaban J connectivity index is 2.64. The molecule has 86 valence electrons. The third kappa shape index (κ3) is 3.11. The van der Waals surface area contributed by atoms with E-state index in [2.05, 4.69) is 10.3 Å². The van der Waals surface area contributed by atoms with Gasteiger partial charge in [-0.1, -0.05) is 6.92 Å². The van der Waals surface area contributed by atoms with Gasteiger partial charge in [-0.2, -0.15) is 5.26 Å². The van der Waals surface area contributed by atoms with Gasteiger partial charge in [0.15, 0.2) is 5.82 Å². The van der Waals surface area contributed by atoms with E-state index in [4.69, 9.17) is 16.1 Å². The lowest BCUT2D eigenvalue weighted by molar-refractivity contribution is 0.266. The highest BCUT2D eigenvalue weighted by atomic mass is 16.3. The Morgan fingerprint density at radius 3 is 3.06 bits per heavy atom. The lowest BCUT2D eigenvalue weighted by atomic mass is 10.1. The highest BCUT2D eigenvalue weighted by Gasteiger charge is 2.07. The van der Waals surface area contributed by atoms with E-state index in [-0.39, 0.29) is 6.61 Å². The van der Waals surface area contributed by atoms with Gasteiger partial charge < -0.3 is 16.2 Å². The van der Waals surface area contributed by atoms with Crippen LogP contribution in [0.5, 0.6) is 0 Å². The minimum atomic E-state index is 0.171. The molecule has 1 heterocycles. The van der Waals surface area contributed by atoms with Crippen LogP contribution in [0.3, 0.4) is 0 Å². The number of nitrogens with two attached hydrogens (primary N) is 1. The van der Waals surface area contributed by atoms with Crippen molar-refractivity contribution < 1.29 is 5.11 Å². The largest absolute Gasteiger partial charge is 0.396 e. The molecular formula is C11H16N4O. The molecule has 0 bridgehead atoms. The predicted octanol–water partition coefficient (Wildman–Crippen LogP) is 0.966. The summed E-state index contributed by atoms with van der Waals surface area (Å²) in [5.41, 5.74) is 6.56. The van der Waals surface area contributed by atoms with Crippen LogP contribution in [-0.4, -0.2) is 23.2 Å². The van der Waals surface area contributed by atoms with Gasteiger partial charge in [-0.15, -0.1) is 0 Å². The van der Waals surface area contributed by atoms with E-state index in [9.17, 15) is 0 Å². The number of nitrogens with one attached hydrogen (secondary N) is 1. The number of nitrogens with zero attached hydrogens (tertiary/aromatic N) is 2. The van der Waals surface area contributed by atoms with Gasteiger partial charge in [0.05, 0.1) is 11.3 Å². The Hall–Kier alpha value is -1.80. The standard InChI is InChI=1S/C11H16N4O/c1-8(3-5-16)7-15-11-10(13)9(6-12)2-4-14-11/h2,4,8,16H,3,5,7,13H2,1H3,(H,14,15). The zero-order valence-electron chi connectivity index (χ0n) is 9.27. The summed E-state index contributed by atoms with van der Waals surface area (Å²) in [4.78, 5) is 4.07. The second-order valence-electron chi connectivity index (χ2n) is 3.73. The third-order valence-electron chi connectivity index (χ3n) is 2.35. The molecule has 1 aromatic rings. The van der Waals surface area contributed by atoms with Gasteiger partial charge >= 0.3 is 0 Å². The minimum absolute atomic E-state index is 0.171. The first-order valence-electron chi connectivity index (χ1n) is 5.18. The van der Waals surface area contributed by atoms with Gasteiger partial charge in [-0.3, -0.25) is 0 Å². The first kappa shape index (κ1) is 12.3. The van der Waals surface area contributed by atoms with Gasteiger partial charge in [0.1, 0.15) is 6.07 Å². The average Bonchev–Trinajstić information content (AvgIpc) is 2.28. The number of nitrogen functional groups attached to an aromatic ring is 1. The van der Waals surface area contributed by atoms with Crippen LogP contribution in [-0.2, 0) is 0 Å². The van der Waals surface area contributed by atoms with Gasteiger partial charge in [-0.25, -0.2) is 4.98 Å². The summed E-state index contributed by atoms with van der Waals surface area (Å²) in [6.45, 7) is 2.87. The van der Waals surface area contributed by atoms with Gasteiger partial charge in [0, 0.05) is 19.3 Å². The normalized spacial score (nSPS) is 11.8. The Kier molecular flexibility index (Phi) is 4.55. The van der Waals surface area contributed by atoms with E-state index < -0.39 is 0 Å². The van der Waals surface area contributed by atoms with Crippen LogP contribution in [0, 0.1) is 17.2 Å². The van der Waals surface area contributed by atoms with Crippen LogP contribution in [0.4, 0.5) is 11.5 Å². The number of hydrogen-bond donors (Lipinski definition) is 3. The second kappa shape index (κ2) is 5.93. The first-order chi connectivity index (χ1) is 7.69. The molecule has 1 atom stereocenters. The van der Waals surface area contributed by atoms with Crippen LogP contribution in [0.2, 0.25) is 0 Å². The topological polar surface area (TPSA) is 95.0 Å². The molecule has 5 nitrogen and oxygen atoms in total. The summed E-state index contributed by atoms with van der Waals surface area (Å²) in [5.74, 6) is 0.862. The zero-order valence-corrected chi connectivity index (χ0v) is 9.27. The molecule has 0 aromatic carbocycles. The number of anilines is 2. The van der Waals surface area contributed by atoms with E-state index in [1.165, 1.54) is 0 Å². The summed E-state index contributed by atoms with van der Waals surface area (Å²) in [5, 5.41) is 20.6. The van der Waals surface area contributed by atoms with Crippen molar-refractivity contribution in [3.8, 4) is 6.07 Å². The lowest BCUT2D eigenvalue weighted by Crippen LogP contribution is -2.14. The van der Waals surface area contributed by atoms with E-state index in [1.54, 1.807) is 12.3 Å². The molecule has 4 N–H and O–H groups in total. The van der Waals surface area contributed by atoms with E-state index >= 15 is 0 Å². The zero-order chi connectivity index (χ0) is 12.0. The number of hydrogen-bond acceptors (Lipinski definition) is 5. The Bertz CT molecular complexity index is 386. The van der Waals surface area contributed by atoms with Gasteiger partial charge in [-0.05, 0) is 18.4 Å². The van der Waals surface area contributed by atoms with Crippen molar-refractivity contribution in [1.29, 1.82) is 5.26 Å². The minimum Gasteiger partial charge on any atom is -0.396 e. The second-order valence-corrected chi connectivity index (χ2v) is 3.73. The molecule has 1 unspecified atom stereocenters. The number of aliphatic hydroxyl groups is 1. The summed E-state index contributed by atoms with van der Waals surface area (Å²) >= 11 is 0. The molecule has 0 aliphatic rings. The van der Waals surface area contributed by atoms with E-state index in [0.29, 0.717) is 29.5 Å². The molecule has 16 heavy (non-hydrogen) atoms. The van der Waals surface area contributed by atoms with Crippen molar-refractivity contribution in [3.63, 3.8) is 0 Å². The molecule has 0 saturated heterocycles. The molecule has 1 rings (SSSR count). The number of rotatable bonds is 5.